The number of fused-ring (bicyclic) bond motifs is 1. The molecule has 2 N–H and O–H groups in total. The number of hydrogen-bond acceptors (Lipinski definition) is 4. The van der Waals surface area contributed by atoms with Crippen LogP contribution < -0.4 is 10.6 Å². The highest BCUT2D eigenvalue weighted by atomic mass is 16.5. The van der Waals surface area contributed by atoms with Crippen molar-refractivity contribution in [2.45, 2.75) is 77.5 Å². The topological polar surface area (TPSA) is 81.1 Å². The largest absolute Gasteiger partial charge is 0.378 e. The minimum atomic E-state index is -0.177. The number of ether oxygens (including phenoxy) is 1. The molecule has 2 aliphatic rings. The van der Waals surface area contributed by atoms with Gasteiger partial charge < -0.3 is 19.9 Å². The number of amides is 2. The van der Waals surface area contributed by atoms with Gasteiger partial charge in [-0.25, -0.2) is 4.79 Å². The van der Waals surface area contributed by atoms with E-state index < -0.39 is 0 Å². The van der Waals surface area contributed by atoms with Crippen LogP contribution in [0.25, 0.3) is 0 Å². The van der Waals surface area contributed by atoms with Crippen molar-refractivity contribution in [1.29, 1.82) is 0 Å². The van der Waals surface area contributed by atoms with Gasteiger partial charge in [0, 0.05) is 44.5 Å². The number of hydrogen-bond donors (Lipinski definition) is 2. The molecule has 2 unspecified atom stereocenters. The lowest BCUT2D eigenvalue weighted by Gasteiger charge is -2.59. The van der Waals surface area contributed by atoms with Gasteiger partial charge in [0.05, 0.1) is 5.60 Å². The second-order valence-corrected chi connectivity index (χ2v) is 8.06. The van der Waals surface area contributed by atoms with Crippen molar-refractivity contribution in [3.05, 3.63) is 11.6 Å². The van der Waals surface area contributed by atoms with E-state index >= 15 is 0 Å². The molecule has 2 atom stereocenters. The van der Waals surface area contributed by atoms with E-state index in [2.05, 4.69) is 46.2 Å². The van der Waals surface area contributed by atoms with E-state index in [1.54, 1.807) is 7.11 Å². The fraction of sp³-hybridized carbons (Fsp3) is 0.833. The van der Waals surface area contributed by atoms with Gasteiger partial charge in [0.25, 0.3) is 0 Å². The molecule has 0 spiro atoms. The molecular formula is C18H31N5O2. The Bertz CT molecular complexity index is 627. The molecule has 2 amide bonds. The van der Waals surface area contributed by atoms with Gasteiger partial charge in [-0.3, -0.25) is 0 Å². The Morgan fingerprint density at radius 3 is 2.80 bits per heavy atom. The molecule has 1 aromatic heterocycles. The number of urea groups is 1. The predicted molar refractivity (Wildman–Crippen MR) is 95.4 cm³/mol. The molecule has 0 bridgehead atoms. The average Bonchev–Trinajstić information content (AvgIpc) is 2.81. The van der Waals surface area contributed by atoms with Crippen LogP contribution in [-0.4, -0.2) is 46.1 Å². The molecule has 0 radical (unpaired) electrons. The number of nitrogens with zero attached hydrogens (tertiary/aromatic N) is 3. The third kappa shape index (κ3) is 3.38. The molecular weight excluding hydrogens is 318 g/mol. The Balaban J connectivity index is 1.46. The van der Waals surface area contributed by atoms with E-state index in [0.29, 0.717) is 13.0 Å². The number of rotatable bonds is 5. The number of methoxy groups -OCH3 is 1. The van der Waals surface area contributed by atoms with Gasteiger partial charge in [-0.15, -0.1) is 10.2 Å². The molecule has 25 heavy (non-hydrogen) atoms. The summed E-state index contributed by atoms with van der Waals surface area (Å²) in [7, 11) is 1.74. The van der Waals surface area contributed by atoms with Crippen molar-refractivity contribution in [3.8, 4) is 0 Å². The van der Waals surface area contributed by atoms with Crippen molar-refractivity contribution >= 4 is 6.03 Å². The summed E-state index contributed by atoms with van der Waals surface area (Å²) in [6.07, 6.45) is 6.18. The molecule has 1 aliphatic heterocycles. The molecule has 3 rings (SSSR count). The van der Waals surface area contributed by atoms with Crippen LogP contribution in [-0.2, 0) is 24.1 Å². The fourth-order valence-electron chi connectivity index (χ4n) is 3.95. The maximum Gasteiger partial charge on any atom is 0.315 e. The maximum atomic E-state index is 12.2. The third-order valence-corrected chi connectivity index (χ3v) is 6.40. The second-order valence-electron chi connectivity index (χ2n) is 8.06. The zero-order valence-electron chi connectivity index (χ0n) is 15.9. The van der Waals surface area contributed by atoms with Crippen LogP contribution in [0.4, 0.5) is 4.79 Å². The van der Waals surface area contributed by atoms with E-state index in [1.807, 2.05) is 0 Å². The number of carbonyl (C=O) groups excluding carboxylic acids is 1. The first-order valence-electron chi connectivity index (χ1n) is 9.38. The SMILES string of the molecule is COC1(C)CC(NC(=O)NCCc2nnc3n2CCCCC3)C1(C)C. The highest BCUT2D eigenvalue weighted by Crippen LogP contribution is 2.51. The van der Waals surface area contributed by atoms with Crippen LogP contribution in [0, 0.1) is 5.41 Å². The first-order chi connectivity index (χ1) is 11.9. The number of aromatic nitrogens is 3. The Kier molecular flexibility index (Phi) is 5.04. The molecule has 1 fully saturated rings. The lowest BCUT2D eigenvalue weighted by molar-refractivity contribution is -0.177. The molecule has 0 saturated heterocycles. The molecule has 2 heterocycles. The van der Waals surface area contributed by atoms with Crippen LogP contribution in [0.5, 0.6) is 0 Å². The molecule has 0 aromatic carbocycles. The van der Waals surface area contributed by atoms with Crippen molar-refractivity contribution in [2.24, 2.45) is 5.41 Å². The van der Waals surface area contributed by atoms with Gasteiger partial charge in [-0.05, 0) is 26.2 Å². The van der Waals surface area contributed by atoms with E-state index in [0.717, 1.165) is 31.0 Å². The van der Waals surface area contributed by atoms with Gasteiger partial charge in [0.1, 0.15) is 11.6 Å². The summed E-state index contributed by atoms with van der Waals surface area (Å²) < 4.78 is 7.83. The van der Waals surface area contributed by atoms with Gasteiger partial charge in [0.15, 0.2) is 0 Å². The summed E-state index contributed by atoms with van der Waals surface area (Å²) >= 11 is 0. The summed E-state index contributed by atoms with van der Waals surface area (Å²) in [5, 5.41) is 14.6. The molecule has 7 heteroatoms. The maximum absolute atomic E-state index is 12.2. The number of aryl methyl sites for hydroxylation is 1. The monoisotopic (exact) mass is 349 g/mol. The standard InChI is InChI=1S/C18H31N5O2/c1-17(2)13(12-18(17,3)25-4)20-16(24)19-10-9-15-22-21-14-8-6-5-7-11-23(14)15/h13H,5-12H2,1-4H3,(H2,19,20,24). The molecule has 1 aromatic rings. The fourth-order valence-corrected chi connectivity index (χ4v) is 3.95. The van der Waals surface area contributed by atoms with Crippen LogP contribution in [0.15, 0.2) is 0 Å². The van der Waals surface area contributed by atoms with E-state index in [9.17, 15) is 4.79 Å². The van der Waals surface area contributed by atoms with Gasteiger partial charge in [-0.1, -0.05) is 20.3 Å². The van der Waals surface area contributed by atoms with Crippen molar-refractivity contribution < 1.29 is 9.53 Å². The van der Waals surface area contributed by atoms with E-state index in [4.69, 9.17) is 4.74 Å². The third-order valence-electron chi connectivity index (χ3n) is 6.40. The Labute approximate surface area is 149 Å². The Morgan fingerprint density at radius 1 is 1.28 bits per heavy atom. The predicted octanol–water partition coefficient (Wildman–Crippen LogP) is 2.05. The van der Waals surface area contributed by atoms with Gasteiger partial charge in [0.2, 0.25) is 0 Å². The number of nitrogens with one attached hydrogen (secondary N) is 2. The zero-order chi connectivity index (χ0) is 18.1. The average molecular weight is 349 g/mol. The Hall–Kier alpha value is -1.63. The number of carbonyl (C=O) groups is 1. The first kappa shape index (κ1) is 18.2. The molecule has 7 nitrogen and oxygen atoms in total. The van der Waals surface area contributed by atoms with Crippen LogP contribution in [0.2, 0.25) is 0 Å². The van der Waals surface area contributed by atoms with Crippen molar-refractivity contribution in [3.63, 3.8) is 0 Å². The van der Waals surface area contributed by atoms with Crippen LogP contribution in [0.3, 0.4) is 0 Å². The lowest BCUT2D eigenvalue weighted by Crippen LogP contribution is -2.69. The van der Waals surface area contributed by atoms with Crippen LogP contribution in [0.1, 0.15) is 58.1 Å². The van der Waals surface area contributed by atoms with E-state index in [-0.39, 0.29) is 23.1 Å². The van der Waals surface area contributed by atoms with Crippen molar-refractivity contribution in [1.82, 2.24) is 25.4 Å². The van der Waals surface area contributed by atoms with Crippen LogP contribution >= 0.6 is 0 Å². The Morgan fingerprint density at radius 2 is 2.08 bits per heavy atom. The highest BCUT2D eigenvalue weighted by Gasteiger charge is 2.58. The molecule has 1 aliphatic carbocycles. The minimum Gasteiger partial charge on any atom is -0.378 e. The quantitative estimate of drug-likeness (QED) is 0.852. The lowest BCUT2D eigenvalue weighted by atomic mass is 9.56. The van der Waals surface area contributed by atoms with Gasteiger partial charge in [-0.2, -0.15) is 0 Å². The summed E-state index contributed by atoms with van der Waals surface area (Å²) in [5.74, 6) is 2.07. The summed E-state index contributed by atoms with van der Waals surface area (Å²) in [6.45, 7) is 7.93. The second kappa shape index (κ2) is 6.94. The highest BCUT2D eigenvalue weighted by molar-refractivity contribution is 5.74. The zero-order valence-corrected chi connectivity index (χ0v) is 15.9. The minimum absolute atomic E-state index is 0.0799. The molecule has 1 saturated carbocycles. The molecule has 140 valence electrons. The summed E-state index contributed by atoms with van der Waals surface area (Å²) in [4.78, 5) is 12.2. The normalized spacial score (nSPS) is 27.8. The summed E-state index contributed by atoms with van der Waals surface area (Å²) in [6, 6.07) is 0.00801. The van der Waals surface area contributed by atoms with E-state index in [1.165, 1.54) is 19.3 Å². The van der Waals surface area contributed by atoms with Crippen molar-refractivity contribution in [2.75, 3.05) is 13.7 Å². The van der Waals surface area contributed by atoms with Gasteiger partial charge >= 0.3 is 6.03 Å². The summed E-state index contributed by atoms with van der Waals surface area (Å²) in [5.41, 5.74) is -0.256. The smallest absolute Gasteiger partial charge is 0.315 e. The first-order valence-corrected chi connectivity index (χ1v) is 9.38.